The maximum Gasteiger partial charge on any atom is 0.216 e. The van der Waals surface area contributed by atoms with Gasteiger partial charge in [0.25, 0.3) is 0 Å². The first kappa shape index (κ1) is 17.2. The van der Waals surface area contributed by atoms with Crippen LogP contribution in [0.4, 0.5) is 5.00 Å². The lowest BCUT2D eigenvalue weighted by Crippen LogP contribution is -2.28. The lowest BCUT2D eigenvalue weighted by atomic mass is 10.1. The molecule has 3 heterocycles. The summed E-state index contributed by atoms with van der Waals surface area (Å²) in [4.78, 5) is 3.58. The second kappa shape index (κ2) is 7.55. The van der Waals surface area contributed by atoms with Gasteiger partial charge in [0.2, 0.25) is 4.77 Å². The summed E-state index contributed by atoms with van der Waals surface area (Å²) >= 11 is 7.14. The molecular weight excluding hydrogens is 362 g/mol. The summed E-state index contributed by atoms with van der Waals surface area (Å²) in [5.74, 6) is 0.733. The van der Waals surface area contributed by atoms with Gasteiger partial charge in [0, 0.05) is 23.5 Å². The summed E-state index contributed by atoms with van der Waals surface area (Å²) in [5, 5.41) is 13.1. The van der Waals surface area contributed by atoms with Gasteiger partial charge in [-0.25, -0.2) is 5.10 Å². The zero-order valence-corrected chi connectivity index (χ0v) is 16.3. The largest absolute Gasteiger partial charge is 0.363 e. The van der Waals surface area contributed by atoms with E-state index in [1.165, 1.54) is 24.3 Å². The molecule has 2 aromatic heterocycles. The van der Waals surface area contributed by atoms with Gasteiger partial charge in [-0.3, -0.25) is 0 Å². The Hall–Kier alpha value is -2.25. The number of hydrogen-bond donors (Lipinski definition) is 1. The molecule has 7 heteroatoms. The van der Waals surface area contributed by atoms with Crippen LogP contribution in [0.2, 0.25) is 0 Å². The third kappa shape index (κ3) is 3.50. The second-order valence-electron chi connectivity index (χ2n) is 6.45. The van der Waals surface area contributed by atoms with Gasteiger partial charge in [-0.15, -0.1) is 11.3 Å². The number of benzene rings is 1. The van der Waals surface area contributed by atoms with Crippen molar-refractivity contribution in [2.45, 2.75) is 26.2 Å². The highest BCUT2D eigenvalue weighted by Gasteiger charge is 2.13. The fourth-order valence-electron chi connectivity index (χ4n) is 3.21. The molecule has 1 aliphatic heterocycles. The number of thiophene rings is 1. The van der Waals surface area contributed by atoms with Gasteiger partial charge in [0.15, 0.2) is 5.82 Å². The van der Waals surface area contributed by atoms with Crippen LogP contribution in [0, 0.1) is 11.7 Å². The van der Waals surface area contributed by atoms with E-state index >= 15 is 0 Å². The first-order chi connectivity index (χ1) is 12.7. The molecule has 3 aromatic rings. The van der Waals surface area contributed by atoms with Gasteiger partial charge in [-0.1, -0.05) is 24.3 Å². The number of nitrogens with zero attached hydrogens (tertiary/aromatic N) is 4. The highest BCUT2D eigenvalue weighted by atomic mass is 32.1. The molecule has 1 aliphatic rings. The van der Waals surface area contributed by atoms with E-state index < -0.39 is 0 Å². The molecule has 0 amide bonds. The lowest BCUT2D eigenvalue weighted by molar-refractivity contribution is 0.580. The molecule has 0 atom stereocenters. The third-order valence-corrected chi connectivity index (χ3v) is 5.96. The predicted molar refractivity (Wildman–Crippen MR) is 111 cm³/mol. The number of aromatic amines is 1. The van der Waals surface area contributed by atoms with Crippen molar-refractivity contribution in [1.82, 2.24) is 14.9 Å². The van der Waals surface area contributed by atoms with E-state index in [1.54, 1.807) is 16.0 Å². The van der Waals surface area contributed by atoms with Crippen LogP contribution in [0.3, 0.4) is 0 Å². The number of anilines is 1. The molecule has 0 saturated carbocycles. The lowest BCUT2D eigenvalue weighted by Gasteiger charge is -2.27. The van der Waals surface area contributed by atoms with Gasteiger partial charge in [-0.2, -0.15) is 14.9 Å². The molecule has 0 aliphatic carbocycles. The van der Waals surface area contributed by atoms with Crippen molar-refractivity contribution < 1.29 is 0 Å². The standard InChI is InChI=1S/C19H21N5S2/c1-14-7-3-4-8-16(14)18-21-22-19(25)24(18)20-13-15-9-10-17(26-15)23-11-5-2-6-12-23/h3-4,7-10,13H,2,5-6,11-12H2,1H3,(H,22,25)/b20-13-. The molecule has 26 heavy (non-hydrogen) atoms. The van der Waals surface area contributed by atoms with E-state index in [0.717, 1.165) is 34.9 Å². The minimum Gasteiger partial charge on any atom is -0.363 e. The molecule has 0 bridgehead atoms. The average Bonchev–Trinajstić information content (AvgIpc) is 3.28. The molecule has 0 radical (unpaired) electrons. The minimum atomic E-state index is 0.493. The molecule has 1 fully saturated rings. The van der Waals surface area contributed by atoms with Crippen molar-refractivity contribution in [1.29, 1.82) is 0 Å². The Kier molecular flexibility index (Phi) is 4.99. The minimum absolute atomic E-state index is 0.493. The molecule has 0 spiro atoms. The van der Waals surface area contributed by atoms with Gasteiger partial charge in [0.1, 0.15) is 0 Å². The van der Waals surface area contributed by atoms with Crippen LogP contribution >= 0.6 is 23.6 Å². The van der Waals surface area contributed by atoms with Crippen molar-refractivity contribution in [3.8, 4) is 11.4 Å². The number of aryl methyl sites for hydroxylation is 1. The van der Waals surface area contributed by atoms with Crippen LogP contribution in [0.25, 0.3) is 11.4 Å². The summed E-state index contributed by atoms with van der Waals surface area (Å²) in [6.07, 6.45) is 5.78. The summed E-state index contributed by atoms with van der Waals surface area (Å²) in [6.45, 7) is 4.37. The maximum absolute atomic E-state index is 5.37. The zero-order chi connectivity index (χ0) is 17.9. The molecule has 4 rings (SSSR count). The zero-order valence-electron chi connectivity index (χ0n) is 14.7. The summed E-state index contributed by atoms with van der Waals surface area (Å²) in [7, 11) is 0. The summed E-state index contributed by atoms with van der Waals surface area (Å²) in [5.41, 5.74) is 2.17. The van der Waals surface area contributed by atoms with E-state index in [-0.39, 0.29) is 0 Å². The SMILES string of the molecule is Cc1ccccc1-c1n[nH]c(=S)n1/N=C\c1ccc(N2CCCCC2)s1. The number of H-pyrrole nitrogens is 1. The van der Waals surface area contributed by atoms with E-state index in [1.807, 2.05) is 24.4 Å². The molecule has 134 valence electrons. The second-order valence-corrected chi connectivity index (χ2v) is 7.93. The van der Waals surface area contributed by atoms with Crippen LogP contribution in [0.5, 0.6) is 0 Å². The Bertz CT molecular complexity index is 976. The smallest absolute Gasteiger partial charge is 0.216 e. The van der Waals surface area contributed by atoms with E-state index in [9.17, 15) is 0 Å². The Labute approximate surface area is 162 Å². The van der Waals surface area contributed by atoms with Crippen LogP contribution in [-0.4, -0.2) is 34.2 Å². The fraction of sp³-hybridized carbons (Fsp3) is 0.316. The first-order valence-electron chi connectivity index (χ1n) is 8.85. The molecular formula is C19H21N5S2. The number of piperidine rings is 1. The normalized spacial score (nSPS) is 15.0. The van der Waals surface area contributed by atoms with E-state index in [0.29, 0.717) is 4.77 Å². The van der Waals surface area contributed by atoms with Crippen molar-refractivity contribution >= 4 is 34.8 Å². The molecule has 1 N–H and O–H groups in total. The fourth-order valence-corrected chi connectivity index (χ4v) is 4.31. The van der Waals surface area contributed by atoms with Crippen molar-refractivity contribution in [2.75, 3.05) is 18.0 Å². The van der Waals surface area contributed by atoms with Crippen molar-refractivity contribution in [2.24, 2.45) is 5.10 Å². The van der Waals surface area contributed by atoms with Crippen LogP contribution in [0.1, 0.15) is 29.7 Å². The van der Waals surface area contributed by atoms with Gasteiger partial charge >= 0.3 is 0 Å². The topological polar surface area (TPSA) is 49.2 Å². The van der Waals surface area contributed by atoms with Gasteiger partial charge in [0.05, 0.1) is 11.2 Å². The Balaban J connectivity index is 1.60. The number of rotatable bonds is 4. The van der Waals surface area contributed by atoms with Crippen LogP contribution in [0.15, 0.2) is 41.5 Å². The molecule has 5 nitrogen and oxygen atoms in total. The van der Waals surface area contributed by atoms with Crippen LogP contribution < -0.4 is 4.90 Å². The van der Waals surface area contributed by atoms with E-state index in [2.05, 4.69) is 45.3 Å². The average molecular weight is 384 g/mol. The predicted octanol–water partition coefficient (Wildman–Crippen LogP) is 4.85. The maximum atomic E-state index is 5.37. The monoisotopic (exact) mass is 383 g/mol. The van der Waals surface area contributed by atoms with Gasteiger partial charge < -0.3 is 4.90 Å². The molecule has 0 unspecified atom stereocenters. The number of aromatic nitrogens is 3. The Morgan fingerprint density at radius 3 is 2.77 bits per heavy atom. The van der Waals surface area contributed by atoms with Gasteiger partial charge in [-0.05, 0) is 56.1 Å². The van der Waals surface area contributed by atoms with E-state index in [4.69, 9.17) is 12.2 Å². The summed E-state index contributed by atoms with van der Waals surface area (Å²) in [6, 6.07) is 12.4. The van der Waals surface area contributed by atoms with Crippen LogP contribution in [-0.2, 0) is 0 Å². The van der Waals surface area contributed by atoms with Crippen molar-refractivity contribution in [3.63, 3.8) is 0 Å². The quantitative estimate of drug-likeness (QED) is 0.517. The molecule has 1 saturated heterocycles. The first-order valence-corrected chi connectivity index (χ1v) is 10.1. The number of nitrogens with one attached hydrogen (secondary N) is 1. The summed E-state index contributed by atoms with van der Waals surface area (Å²) < 4.78 is 2.19. The van der Waals surface area contributed by atoms with Crippen molar-refractivity contribution in [3.05, 3.63) is 51.6 Å². The number of hydrogen-bond acceptors (Lipinski definition) is 5. The Morgan fingerprint density at radius 1 is 1.15 bits per heavy atom. The molecule has 1 aromatic carbocycles. The highest BCUT2D eigenvalue weighted by Crippen LogP contribution is 2.28. The Morgan fingerprint density at radius 2 is 1.96 bits per heavy atom. The third-order valence-electron chi connectivity index (χ3n) is 4.62. The highest BCUT2D eigenvalue weighted by molar-refractivity contribution is 7.71.